The van der Waals surface area contributed by atoms with E-state index < -0.39 is 12.1 Å². The molecule has 2 heterocycles. The first-order chi connectivity index (χ1) is 13.5. The number of para-hydroxylation sites is 1. The topological polar surface area (TPSA) is 94.3 Å². The fourth-order valence-corrected chi connectivity index (χ4v) is 3.62. The molecule has 7 heteroatoms. The standard InChI is InChI=1S/C21H28N4O3/c1-3-4-5-8-14(2)23-19(26)13-25-20(27)18(24-21(25)28)11-15-12-22-17-10-7-6-9-16(15)17/h6-7,9-10,12,14,18,22H,3-5,8,11,13H2,1-2H3,(H,23,26)(H,24,28)/t14-,18-/m1/s1. The van der Waals surface area contributed by atoms with Crippen LogP contribution in [0.25, 0.3) is 10.9 Å². The molecule has 0 saturated carbocycles. The minimum absolute atomic E-state index is 0.0295. The molecule has 1 aliphatic heterocycles. The number of aromatic nitrogens is 1. The zero-order chi connectivity index (χ0) is 20.1. The van der Waals surface area contributed by atoms with Gasteiger partial charge >= 0.3 is 6.03 Å². The molecule has 2 atom stereocenters. The molecule has 0 spiro atoms. The van der Waals surface area contributed by atoms with Gasteiger partial charge in [-0.15, -0.1) is 0 Å². The maximum Gasteiger partial charge on any atom is 0.325 e. The van der Waals surface area contributed by atoms with Crippen LogP contribution in [-0.4, -0.2) is 46.4 Å². The van der Waals surface area contributed by atoms with E-state index >= 15 is 0 Å². The van der Waals surface area contributed by atoms with E-state index in [9.17, 15) is 14.4 Å². The van der Waals surface area contributed by atoms with Gasteiger partial charge in [-0.05, 0) is 25.0 Å². The van der Waals surface area contributed by atoms with Crippen LogP contribution in [0.15, 0.2) is 30.5 Å². The molecular weight excluding hydrogens is 356 g/mol. The number of imide groups is 1. The number of unbranched alkanes of at least 4 members (excludes halogenated alkanes) is 2. The highest BCUT2D eigenvalue weighted by Crippen LogP contribution is 2.21. The van der Waals surface area contributed by atoms with Gasteiger partial charge in [0.15, 0.2) is 0 Å². The quantitative estimate of drug-likeness (QED) is 0.458. The number of carbonyl (C=O) groups excluding carboxylic acids is 3. The minimum atomic E-state index is -0.651. The SMILES string of the molecule is CCCCC[C@@H](C)NC(=O)CN1C(=O)N[C@H](Cc2c[nH]c3ccccc23)C1=O. The zero-order valence-corrected chi connectivity index (χ0v) is 16.5. The maximum absolute atomic E-state index is 12.7. The number of H-pyrrole nitrogens is 1. The van der Waals surface area contributed by atoms with Gasteiger partial charge in [-0.2, -0.15) is 0 Å². The van der Waals surface area contributed by atoms with Crippen molar-refractivity contribution >= 4 is 28.7 Å². The third-order valence-corrected chi connectivity index (χ3v) is 5.16. The first-order valence-corrected chi connectivity index (χ1v) is 9.95. The fourth-order valence-electron chi connectivity index (χ4n) is 3.62. The van der Waals surface area contributed by atoms with Gasteiger partial charge in [0.2, 0.25) is 5.91 Å². The number of nitrogens with zero attached hydrogens (tertiary/aromatic N) is 1. The summed E-state index contributed by atoms with van der Waals surface area (Å²) < 4.78 is 0. The molecule has 1 aromatic heterocycles. The number of hydrogen-bond acceptors (Lipinski definition) is 3. The Hall–Kier alpha value is -2.83. The summed E-state index contributed by atoms with van der Waals surface area (Å²) in [6.45, 7) is 3.83. The Morgan fingerprint density at radius 1 is 1.25 bits per heavy atom. The van der Waals surface area contributed by atoms with Crippen molar-refractivity contribution in [2.75, 3.05) is 6.54 Å². The molecule has 1 aliphatic rings. The summed E-state index contributed by atoms with van der Waals surface area (Å²) in [6, 6.07) is 6.69. The average Bonchev–Trinajstić information content (AvgIpc) is 3.18. The van der Waals surface area contributed by atoms with Crippen LogP contribution in [0.2, 0.25) is 0 Å². The van der Waals surface area contributed by atoms with Gasteiger partial charge in [-0.3, -0.25) is 14.5 Å². The van der Waals surface area contributed by atoms with E-state index in [2.05, 4.69) is 22.5 Å². The number of carbonyl (C=O) groups is 3. The van der Waals surface area contributed by atoms with Gasteiger partial charge in [0.05, 0.1) is 0 Å². The van der Waals surface area contributed by atoms with Crippen LogP contribution in [0.3, 0.4) is 0 Å². The lowest BCUT2D eigenvalue weighted by molar-refractivity contribution is -0.132. The average molecular weight is 384 g/mol. The van der Waals surface area contributed by atoms with Crippen LogP contribution in [0.1, 0.15) is 45.1 Å². The largest absolute Gasteiger partial charge is 0.361 e. The predicted molar refractivity (Wildman–Crippen MR) is 108 cm³/mol. The van der Waals surface area contributed by atoms with E-state index in [0.717, 1.165) is 47.0 Å². The van der Waals surface area contributed by atoms with Crippen LogP contribution >= 0.6 is 0 Å². The fraction of sp³-hybridized carbons (Fsp3) is 0.476. The molecule has 1 aromatic carbocycles. The van der Waals surface area contributed by atoms with E-state index in [-0.39, 0.29) is 24.4 Å². The summed E-state index contributed by atoms with van der Waals surface area (Å²) in [5.74, 6) is -0.663. The molecule has 1 saturated heterocycles. The van der Waals surface area contributed by atoms with E-state index in [1.54, 1.807) is 0 Å². The second-order valence-electron chi connectivity index (χ2n) is 7.45. The van der Waals surface area contributed by atoms with Gasteiger partial charge in [0.25, 0.3) is 5.91 Å². The van der Waals surface area contributed by atoms with Crippen LogP contribution in [0.5, 0.6) is 0 Å². The van der Waals surface area contributed by atoms with Crippen molar-refractivity contribution in [3.05, 3.63) is 36.0 Å². The summed E-state index contributed by atoms with van der Waals surface area (Å²) in [6.07, 6.45) is 6.44. The molecule has 0 aliphatic carbocycles. The molecule has 0 bridgehead atoms. The van der Waals surface area contributed by atoms with Crippen LogP contribution in [0, 0.1) is 0 Å². The molecule has 0 unspecified atom stereocenters. The minimum Gasteiger partial charge on any atom is -0.361 e. The normalized spacial score (nSPS) is 17.8. The lowest BCUT2D eigenvalue weighted by Crippen LogP contribution is -2.43. The Kier molecular flexibility index (Phi) is 6.34. The van der Waals surface area contributed by atoms with E-state index in [1.165, 1.54) is 0 Å². The Balaban J connectivity index is 1.56. The number of benzene rings is 1. The summed E-state index contributed by atoms with van der Waals surface area (Å²) in [5, 5.41) is 6.60. The van der Waals surface area contributed by atoms with Crippen molar-refractivity contribution < 1.29 is 14.4 Å². The molecular formula is C21H28N4O3. The van der Waals surface area contributed by atoms with Crippen molar-refractivity contribution in [3.8, 4) is 0 Å². The molecule has 7 nitrogen and oxygen atoms in total. The highest BCUT2D eigenvalue weighted by molar-refractivity contribution is 6.06. The lowest BCUT2D eigenvalue weighted by Gasteiger charge is -2.17. The Labute approximate surface area is 164 Å². The van der Waals surface area contributed by atoms with Crippen LogP contribution in [-0.2, 0) is 16.0 Å². The Morgan fingerprint density at radius 3 is 2.82 bits per heavy atom. The summed E-state index contributed by atoms with van der Waals surface area (Å²) in [5.41, 5.74) is 1.95. The van der Waals surface area contributed by atoms with Crippen molar-refractivity contribution in [3.63, 3.8) is 0 Å². The molecule has 3 rings (SSSR count). The first-order valence-electron chi connectivity index (χ1n) is 9.95. The van der Waals surface area contributed by atoms with Crippen LogP contribution in [0.4, 0.5) is 4.79 Å². The van der Waals surface area contributed by atoms with Gasteiger partial charge in [0, 0.05) is 29.6 Å². The molecule has 28 heavy (non-hydrogen) atoms. The smallest absolute Gasteiger partial charge is 0.325 e. The number of amides is 4. The lowest BCUT2D eigenvalue weighted by atomic mass is 10.1. The third-order valence-electron chi connectivity index (χ3n) is 5.16. The van der Waals surface area contributed by atoms with Crippen molar-refractivity contribution in [1.29, 1.82) is 0 Å². The summed E-state index contributed by atoms with van der Waals surface area (Å²) >= 11 is 0. The Morgan fingerprint density at radius 2 is 2.04 bits per heavy atom. The predicted octanol–water partition coefficient (Wildman–Crippen LogP) is 2.72. The number of rotatable bonds is 9. The van der Waals surface area contributed by atoms with Crippen molar-refractivity contribution in [1.82, 2.24) is 20.5 Å². The molecule has 1 fully saturated rings. The number of urea groups is 1. The van der Waals surface area contributed by atoms with Gasteiger partial charge in [-0.1, -0.05) is 44.4 Å². The highest BCUT2D eigenvalue weighted by Gasteiger charge is 2.39. The molecule has 3 N–H and O–H groups in total. The monoisotopic (exact) mass is 384 g/mol. The molecule has 0 radical (unpaired) electrons. The van der Waals surface area contributed by atoms with Gasteiger partial charge in [0.1, 0.15) is 12.6 Å². The number of hydrogen-bond donors (Lipinski definition) is 3. The van der Waals surface area contributed by atoms with Crippen molar-refractivity contribution in [2.45, 2.75) is 58.0 Å². The zero-order valence-electron chi connectivity index (χ0n) is 16.5. The van der Waals surface area contributed by atoms with Crippen molar-refractivity contribution in [2.24, 2.45) is 0 Å². The second kappa shape index (κ2) is 8.91. The summed E-state index contributed by atoms with van der Waals surface area (Å²) in [4.78, 5) is 41.3. The van der Waals surface area contributed by atoms with Gasteiger partial charge in [-0.25, -0.2) is 4.79 Å². The van der Waals surface area contributed by atoms with E-state index in [1.807, 2.05) is 37.4 Å². The number of fused-ring (bicyclic) bond motifs is 1. The third kappa shape index (κ3) is 4.52. The Bertz CT molecular complexity index is 860. The first kappa shape index (κ1) is 19.9. The number of nitrogens with one attached hydrogen (secondary N) is 3. The van der Waals surface area contributed by atoms with E-state index in [0.29, 0.717) is 6.42 Å². The van der Waals surface area contributed by atoms with Crippen LogP contribution < -0.4 is 10.6 Å². The maximum atomic E-state index is 12.7. The number of aromatic amines is 1. The second-order valence-corrected chi connectivity index (χ2v) is 7.45. The molecule has 150 valence electrons. The molecule has 2 aromatic rings. The van der Waals surface area contributed by atoms with E-state index in [4.69, 9.17) is 0 Å². The van der Waals surface area contributed by atoms with Gasteiger partial charge < -0.3 is 15.6 Å². The highest BCUT2D eigenvalue weighted by atomic mass is 16.2. The summed E-state index contributed by atoms with van der Waals surface area (Å²) in [7, 11) is 0. The molecule has 4 amide bonds.